The van der Waals surface area contributed by atoms with E-state index in [9.17, 15) is 0 Å². The van der Waals surface area contributed by atoms with Crippen molar-refractivity contribution in [1.29, 1.82) is 0 Å². The molecule has 0 aliphatic rings. The lowest BCUT2D eigenvalue weighted by Gasteiger charge is -2.00. The SMILES string of the molecule is CCCOc1ncc(S)cn1. The molecule has 0 atom stereocenters. The van der Waals surface area contributed by atoms with Crippen molar-refractivity contribution in [3.63, 3.8) is 0 Å². The number of thiol groups is 1. The summed E-state index contributed by atoms with van der Waals surface area (Å²) in [5.74, 6) is 0. The summed E-state index contributed by atoms with van der Waals surface area (Å²) >= 11 is 4.04. The van der Waals surface area contributed by atoms with Crippen LogP contribution in [0.2, 0.25) is 0 Å². The third-order valence-electron chi connectivity index (χ3n) is 1.05. The van der Waals surface area contributed by atoms with Crippen LogP contribution in [0.1, 0.15) is 13.3 Å². The van der Waals surface area contributed by atoms with Crippen LogP contribution in [0.3, 0.4) is 0 Å². The van der Waals surface area contributed by atoms with Crippen molar-refractivity contribution in [2.45, 2.75) is 18.2 Å². The van der Waals surface area contributed by atoms with Crippen molar-refractivity contribution in [2.75, 3.05) is 6.61 Å². The van der Waals surface area contributed by atoms with E-state index in [1.165, 1.54) is 0 Å². The van der Waals surface area contributed by atoms with E-state index in [2.05, 4.69) is 22.6 Å². The minimum atomic E-state index is 0.421. The highest BCUT2D eigenvalue weighted by atomic mass is 32.1. The average molecular weight is 170 g/mol. The highest BCUT2D eigenvalue weighted by Gasteiger charge is 1.93. The lowest BCUT2D eigenvalue weighted by atomic mass is 10.5. The summed E-state index contributed by atoms with van der Waals surface area (Å²) in [5.41, 5.74) is 0. The number of nitrogens with zero attached hydrogens (tertiary/aromatic N) is 2. The summed E-state index contributed by atoms with van der Waals surface area (Å²) in [7, 11) is 0. The molecule has 0 aliphatic carbocycles. The molecule has 4 heteroatoms. The Morgan fingerprint density at radius 1 is 1.45 bits per heavy atom. The first kappa shape index (κ1) is 8.33. The van der Waals surface area contributed by atoms with E-state index in [0.29, 0.717) is 12.6 Å². The van der Waals surface area contributed by atoms with E-state index in [1.54, 1.807) is 12.4 Å². The molecule has 11 heavy (non-hydrogen) atoms. The second-order valence-electron chi connectivity index (χ2n) is 2.07. The summed E-state index contributed by atoms with van der Waals surface area (Å²) in [6.07, 6.45) is 4.19. The zero-order chi connectivity index (χ0) is 8.10. The van der Waals surface area contributed by atoms with Crippen molar-refractivity contribution in [2.24, 2.45) is 0 Å². The van der Waals surface area contributed by atoms with Gasteiger partial charge in [0, 0.05) is 17.3 Å². The van der Waals surface area contributed by atoms with Crippen molar-refractivity contribution in [3.8, 4) is 6.01 Å². The normalized spacial score (nSPS) is 9.64. The Bertz CT molecular complexity index is 212. The van der Waals surface area contributed by atoms with Crippen LogP contribution in [-0.4, -0.2) is 16.6 Å². The number of hydrogen-bond acceptors (Lipinski definition) is 4. The predicted molar refractivity (Wildman–Crippen MR) is 45.1 cm³/mol. The zero-order valence-corrected chi connectivity index (χ0v) is 7.21. The molecule has 0 radical (unpaired) electrons. The second-order valence-corrected chi connectivity index (χ2v) is 2.59. The maximum absolute atomic E-state index is 5.15. The van der Waals surface area contributed by atoms with Gasteiger partial charge in [0.15, 0.2) is 0 Å². The fourth-order valence-electron chi connectivity index (χ4n) is 0.577. The average Bonchev–Trinajstić information content (AvgIpc) is 2.04. The van der Waals surface area contributed by atoms with Gasteiger partial charge in [-0.15, -0.1) is 12.6 Å². The van der Waals surface area contributed by atoms with E-state index in [-0.39, 0.29) is 0 Å². The standard InChI is InChI=1S/C7H10N2OS/c1-2-3-10-7-8-4-6(11)5-9-7/h4-5,11H,2-3H2,1H3. The van der Waals surface area contributed by atoms with Crippen LogP contribution in [0.25, 0.3) is 0 Å². The summed E-state index contributed by atoms with van der Waals surface area (Å²) in [6.45, 7) is 2.69. The third kappa shape index (κ3) is 2.76. The molecular weight excluding hydrogens is 160 g/mol. The lowest BCUT2D eigenvalue weighted by Crippen LogP contribution is -1.98. The number of aromatic nitrogens is 2. The number of hydrogen-bond donors (Lipinski definition) is 1. The molecule has 1 aromatic heterocycles. The Labute approximate surface area is 71.2 Å². The molecule has 0 saturated carbocycles. The maximum Gasteiger partial charge on any atom is 0.316 e. The number of rotatable bonds is 3. The molecule has 0 spiro atoms. The van der Waals surface area contributed by atoms with Gasteiger partial charge in [0.25, 0.3) is 0 Å². The van der Waals surface area contributed by atoms with Crippen molar-refractivity contribution >= 4 is 12.6 Å². The van der Waals surface area contributed by atoms with Crippen molar-refractivity contribution in [1.82, 2.24) is 9.97 Å². The molecule has 3 nitrogen and oxygen atoms in total. The molecule has 1 heterocycles. The van der Waals surface area contributed by atoms with Gasteiger partial charge in [-0.3, -0.25) is 0 Å². The molecular formula is C7H10N2OS. The first-order valence-corrected chi connectivity index (χ1v) is 3.91. The molecule has 0 bridgehead atoms. The minimum absolute atomic E-state index is 0.421. The van der Waals surface area contributed by atoms with E-state index < -0.39 is 0 Å². The van der Waals surface area contributed by atoms with E-state index in [4.69, 9.17) is 4.74 Å². The minimum Gasteiger partial charge on any atom is -0.463 e. The second kappa shape index (κ2) is 4.18. The zero-order valence-electron chi connectivity index (χ0n) is 6.32. The van der Waals surface area contributed by atoms with Gasteiger partial charge in [0.05, 0.1) is 6.61 Å². The number of ether oxygens (including phenoxy) is 1. The molecule has 0 N–H and O–H groups in total. The smallest absolute Gasteiger partial charge is 0.316 e. The van der Waals surface area contributed by atoms with E-state index >= 15 is 0 Å². The molecule has 0 amide bonds. The van der Waals surface area contributed by atoms with Crippen LogP contribution >= 0.6 is 12.6 Å². The molecule has 60 valence electrons. The van der Waals surface area contributed by atoms with Gasteiger partial charge in [-0.2, -0.15) is 0 Å². The quantitative estimate of drug-likeness (QED) is 0.699. The first-order valence-electron chi connectivity index (χ1n) is 3.46. The maximum atomic E-state index is 5.15. The van der Waals surface area contributed by atoms with Crippen LogP contribution < -0.4 is 4.74 Å². The Balaban J connectivity index is 2.52. The van der Waals surface area contributed by atoms with Gasteiger partial charge in [-0.1, -0.05) is 6.92 Å². The van der Waals surface area contributed by atoms with Gasteiger partial charge < -0.3 is 4.74 Å². The first-order chi connectivity index (χ1) is 5.33. The van der Waals surface area contributed by atoms with Gasteiger partial charge in [-0.25, -0.2) is 9.97 Å². The van der Waals surface area contributed by atoms with Gasteiger partial charge in [0.2, 0.25) is 0 Å². The Morgan fingerprint density at radius 2 is 2.09 bits per heavy atom. The third-order valence-corrected chi connectivity index (χ3v) is 1.28. The van der Waals surface area contributed by atoms with Gasteiger partial charge in [-0.05, 0) is 6.42 Å². The van der Waals surface area contributed by atoms with Crippen LogP contribution in [0.15, 0.2) is 17.3 Å². The van der Waals surface area contributed by atoms with Crippen LogP contribution in [-0.2, 0) is 0 Å². The van der Waals surface area contributed by atoms with Crippen molar-refractivity contribution in [3.05, 3.63) is 12.4 Å². The van der Waals surface area contributed by atoms with E-state index in [0.717, 1.165) is 11.3 Å². The van der Waals surface area contributed by atoms with E-state index in [1.807, 2.05) is 6.92 Å². The molecule has 0 aromatic carbocycles. The molecule has 0 aliphatic heterocycles. The lowest BCUT2D eigenvalue weighted by molar-refractivity contribution is 0.291. The summed E-state index contributed by atoms with van der Waals surface area (Å²) in [6, 6.07) is 0.421. The topological polar surface area (TPSA) is 35.0 Å². The summed E-state index contributed by atoms with van der Waals surface area (Å²) in [5, 5.41) is 0. The molecule has 0 saturated heterocycles. The predicted octanol–water partition coefficient (Wildman–Crippen LogP) is 1.55. The van der Waals surface area contributed by atoms with Gasteiger partial charge >= 0.3 is 6.01 Å². The van der Waals surface area contributed by atoms with Gasteiger partial charge in [0.1, 0.15) is 0 Å². The van der Waals surface area contributed by atoms with Crippen LogP contribution in [0.4, 0.5) is 0 Å². The Morgan fingerprint density at radius 3 is 2.64 bits per heavy atom. The fraction of sp³-hybridized carbons (Fsp3) is 0.429. The van der Waals surface area contributed by atoms with Crippen LogP contribution in [0.5, 0.6) is 6.01 Å². The molecule has 0 unspecified atom stereocenters. The monoisotopic (exact) mass is 170 g/mol. The highest BCUT2D eigenvalue weighted by molar-refractivity contribution is 7.80. The summed E-state index contributed by atoms with van der Waals surface area (Å²) < 4.78 is 5.15. The molecule has 1 rings (SSSR count). The van der Waals surface area contributed by atoms with Crippen molar-refractivity contribution < 1.29 is 4.74 Å². The molecule has 1 aromatic rings. The fourth-order valence-corrected chi connectivity index (χ4v) is 0.693. The Hall–Kier alpha value is -0.770. The largest absolute Gasteiger partial charge is 0.463 e. The van der Waals surface area contributed by atoms with Crippen LogP contribution in [0, 0.1) is 0 Å². The Kier molecular flexibility index (Phi) is 3.16. The molecule has 0 fully saturated rings. The highest BCUT2D eigenvalue weighted by Crippen LogP contribution is 2.05. The summed E-state index contributed by atoms with van der Waals surface area (Å²) in [4.78, 5) is 8.56.